The first-order valence-electron chi connectivity index (χ1n) is 8.03. The fourth-order valence-corrected chi connectivity index (χ4v) is 3.40. The fourth-order valence-electron chi connectivity index (χ4n) is 2.62. The molecule has 0 saturated carbocycles. The molecule has 0 bridgehead atoms. The molecule has 1 aliphatic heterocycles. The van der Waals surface area contributed by atoms with Gasteiger partial charge in [0.25, 0.3) is 0 Å². The Kier molecular flexibility index (Phi) is 5.42. The topological polar surface area (TPSA) is 66.9 Å². The molecule has 0 N–H and O–H groups in total. The van der Waals surface area contributed by atoms with Crippen molar-refractivity contribution in [3.63, 3.8) is 0 Å². The highest BCUT2D eigenvalue weighted by molar-refractivity contribution is 7.89. The minimum Gasteiger partial charge on any atom is -0.444 e. The van der Waals surface area contributed by atoms with Crippen LogP contribution in [-0.2, 0) is 20.3 Å². The molecule has 134 valence electrons. The molecule has 0 unspecified atom stereocenters. The minimum absolute atomic E-state index is 0.0404. The number of amides is 1. The molecule has 0 atom stereocenters. The summed E-state index contributed by atoms with van der Waals surface area (Å²) in [6, 6.07) is 7.57. The molecule has 1 aromatic rings. The largest absolute Gasteiger partial charge is 0.444 e. The molecular weight excluding hydrogens is 328 g/mol. The summed E-state index contributed by atoms with van der Waals surface area (Å²) in [7, 11) is -3.05. The lowest BCUT2D eigenvalue weighted by molar-refractivity contribution is 0.0240. The van der Waals surface area contributed by atoms with Gasteiger partial charge >= 0.3 is 6.09 Å². The van der Waals surface area contributed by atoms with E-state index in [1.54, 1.807) is 4.90 Å². The molecule has 0 aromatic heterocycles. The molecule has 0 spiro atoms. The average molecular weight is 354 g/mol. The van der Waals surface area contributed by atoms with Crippen LogP contribution >= 0.6 is 0 Å². The van der Waals surface area contributed by atoms with Gasteiger partial charge in [0.05, 0.1) is 5.75 Å². The Morgan fingerprint density at radius 2 is 1.79 bits per heavy atom. The number of piperazine rings is 1. The summed E-state index contributed by atoms with van der Waals surface area (Å²) < 4.78 is 28.3. The van der Waals surface area contributed by atoms with Crippen LogP contribution < -0.4 is 4.90 Å². The summed E-state index contributed by atoms with van der Waals surface area (Å²) in [5.74, 6) is 0.0404. The smallest absolute Gasteiger partial charge is 0.410 e. The van der Waals surface area contributed by atoms with Crippen molar-refractivity contribution < 1.29 is 17.9 Å². The summed E-state index contributed by atoms with van der Waals surface area (Å²) >= 11 is 0. The van der Waals surface area contributed by atoms with Crippen molar-refractivity contribution in [2.24, 2.45) is 0 Å². The van der Waals surface area contributed by atoms with E-state index >= 15 is 0 Å². The first kappa shape index (κ1) is 18.6. The van der Waals surface area contributed by atoms with Crippen LogP contribution in [0.5, 0.6) is 0 Å². The highest BCUT2D eigenvalue weighted by Crippen LogP contribution is 2.20. The van der Waals surface area contributed by atoms with Crippen molar-refractivity contribution in [1.29, 1.82) is 0 Å². The van der Waals surface area contributed by atoms with Gasteiger partial charge < -0.3 is 14.5 Å². The molecule has 1 aromatic carbocycles. The number of anilines is 1. The number of nitrogens with zero attached hydrogens (tertiary/aromatic N) is 2. The Bertz CT molecular complexity index is 687. The number of rotatable bonds is 3. The number of hydrogen-bond acceptors (Lipinski definition) is 5. The zero-order chi connectivity index (χ0) is 18.0. The molecular formula is C17H26N2O4S. The van der Waals surface area contributed by atoms with Gasteiger partial charge in [0, 0.05) is 38.1 Å². The van der Waals surface area contributed by atoms with Gasteiger partial charge in [-0.25, -0.2) is 13.2 Å². The number of hydrogen-bond donors (Lipinski definition) is 0. The maximum Gasteiger partial charge on any atom is 0.410 e. The third kappa shape index (κ3) is 5.70. The molecule has 1 fully saturated rings. The summed E-state index contributed by atoms with van der Waals surface area (Å²) in [6.45, 7) is 8.14. The quantitative estimate of drug-likeness (QED) is 0.833. The second-order valence-electron chi connectivity index (χ2n) is 7.19. The van der Waals surface area contributed by atoms with E-state index in [0.29, 0.717) is 26.2 Å². The fraction of sp³-hybridized carbons (Fsp3) is 0.588. The van der Waals surface area contributed by atoms with Crippen LogP contribution in [0.3, 0.4) is 0 Å². The van der Waals surface area contributed by atoms with Crippen molar-refractivity contribution in [3.8, 4) is 0 Å². The zero-order valence-electron chi connectivity index (χ0n) is 14.8. The van der Waals surface area contributed by atoms with Gasteiger partial charge in [-0.15, -0.1) is 0 Å². The van der Waals surface area contributed by atoms with Crippen molar-refractivity contribution >= 4 is 21.6 Å². The maximum atomic E-state index is 12.1. The number of carbonyl (C=O) groups is 1. The molecule has 1 amide bonds. The van der Waals surface area contributed by atoms with Crippen molar-refractivity contribution in [1.82, 2.24) is 4.90 Å². The van der Waals surface area contributed by atoms with Crippen LogP contribution in [0.1, 0.15) is 26.3 Å². The monoisotopic (exact) mass is 354 g/mol. The van der Waals surface area contributed by atoms with Crippen molar-refractivity contribution in [2.45, 2.75) is 32.1 Å². The highest BCUT2D eigenvalue weighted by Gasteiger charge is 2.26. The Labute approximate surface area is 144 Å². The number of benzene rings is 1. The predicted octanol–water partition coefficient (Wildman–Crippen LogP) is 2.29. The van der Waals surface area contributed by atoms with Crippen molar-refractivity contribution in [3.05, 3.63) is 29.8 Å². The van der Waals surface area contributed by atoms with Gasteiger partial charge in [-0.2, -0.15) is 0 Å². The normalized spacial score (nSPS) is 16.2. The third-order valence-corrected chi connectivity index (χ3v) is 4.49. The minimum atomic E-state index is -3.05. The standard InChI is InChI=1S/C17H26N2O4S/c1-17(2,3)23-16(20)19-10-8-18(9-11-19)15-7-5-6-14(12-15)13-24(4,21)22/h5-7,12H,8-11,13H2,1-4H3. The van der Waals surface area contributed by atoms with Crippen LogP contribution in [0.4, 0.5) is 10.5 Å². The molecule has 6 nitrogen and oxygen atoms in total. The van der Waals surface area contributed by atoms with E-state index in [1.807, 2.05) is 45.0 Å². The van der Waals surface area contributed by atoms with Crippen LogP contribution in [0, 0.1) is 0 Å². The van der Waals surface area contributed by atoms with E-state index in [4.69, 9.17) is 4.74 Å². The van der Waals surface area contributed by atoms with Crippen LogP contribution in [-0.4, -0.2) is 57.4 Å². The lowest BCUT2D eigenvalue weighted by Crippen LogP contribution is -2.50. The first-order chi connectivity index (χ1) is 11.0. The summed E-state index contributed by atoms with van der Waals surface area (Å²) in [6.07, 6.45) is 0.951. The van der Waals surface area contributed by atoms with Gasteiger partial charge in [0.15, 0.2) is 9.84 Å². The number of carbonyl (C=O) groups excluding carboxylic acids is 1. The summed E-state index contributed by atoms with van der Waals surface area (Å²) in [5.41, 5.74) is 1.28. The first-order valence-corrected chi connectivity index (χ1v) is 10.1. The molecule has 1 aliphatic rings. The van der Waals surface area contributed by atoms with E-state index < -0.39 is 15.4 Å². The molecule has 7 heteroatoms. The number of sulfone groups is 1. The molecule has 0 aliphatic carbocycles. The highest BCUT2D eigenvalue weighted by atomic mass is 32.2. The van der Waals surface area contributed by atoms with E-state index in [9.17, 15) is 13.2 Å². The maximum absolute atomic E-state index is 12.1. The molecule has 24 heavy (non-hydrogen) atoms. The van der Waals surface area contributed by atoms with Crippen LogP contribution in [0.25, 0.3) is 0 Å². The summed E-state index contributed by atoms with van der Waals surface area (Å²) in [4.78, 5) is 16.0. The number of ether oxygens (including phenoxy) is 1. The van der Waals surface area contributed by atoms with E-state index in [-0.39, 0.29) is 11.8 Å². The van der Waals surface area contributed by atoms with E-state index in [2.05, 4.69) is 4.90 Å². The van der Waals surface area contributed by atoms with Gasteiger partial charge in [-0.1, -0.05) is 12.1 Å². The van der Waals surface area contributed by atoms with Crippen molar-refractivity contribution in [2.75, 3.05) is 37.3 Å². The van der Waals surface area contributed by atoms with Gasteiger partial charge in [-0.05, 0) is 38.5 Å². The molecule has 0 radical (unpaired) electrons. The lowest BCUT2D eigenvalue weighted by atomic mass is 10.2. The summed E-state index contributed by atoms with van der Waals surface area (Å²) in [5, 5.41) is 0. The predicted molar refractivity (Wildman–Crippen MR) is 95.0 cm³/mol. The Morgan fingerprint density at radius 3 is 2.33 bits per heavy atom. The Balaban J connectivity index is 1.97. The molecule has 1 saturated heterocycles. The zero-order valence-corrected chi connectivity index (χ0v) is 15.6. The van der Waals surface area contributed by atoms with Crippen LogP contribution in [0.2, 0.25) is 0 Å². The van der Waals surface area contributed by atoms with E-state index in [0.717, 1.165) is 11.3 Å². The molecule has 1 heterocycles. The van der Waals surface area contributed by atoms with Crippen LogP contribution in [0.15, 0.2) is 24.3 Å². The van der Waals surface area contributed by atoms with Gasteiger partial charge in [0.1, 0.15) is 5.60 Å². The second-order valence-corrected chi connectivity index (χ2v) is 9.33. The van der Waals surface area contributed by atoms with E-state index in [1.165, 1.54) is 6.26 Å². The third-order valence-electron chi connectivity index (χ3n) is 3.64. The van der Waals surface area contributed by atoms with Gasteiger partial charge in [0.2, 0.25) is 0 Å². The Morgan fingerprint density at radius 1 is 1.17 bits per heavy atom. The average Bonchev–Trinajstić information content (AvgIpc) is 2.44. The SMILES string of the molecule is CC(C)(C)OC(=O)N1CCN(c2cccc(CS(C)(=O)=O)c2)CC1. The molecule has 2 rings (SSSR count). The lowest BCUT2D eigenvalue weighted by Gasteiger charge is -2.36. The second kappa shape index (κ2) is 7.01. The van der Waals surface area contributed by atoms with Gasteiger partial charge in [-0.3, -0.25) is 0 Å². The Hall–Kier alpha value is -1.76.